The zero-order valence-electron chi connectivity index (χ0n) is 38.9. The summed E-state index contributed by atoms with van der Waals surface area (Å²) in [7, 11) is 1.48. The molecule has 1 aromatic heterocycles. The van der Waals surface area contributed by atoms with Gasteiger partial charge in [-0.1, -0.05) is 127 Å². The number of imide groups is 1. The highest BCUT2D eigenvalue weighted by Gasteiger charge is 2.76. The van der Waals surface area contributed by atoms with Crippen molar-refractivity contribution in [1.29, 1.82) is 0 Å². The summed E-state index contributed by atoms with van der Waals surface area (Å²) in [6.45, 7) is 0.527. The Bertz CT molecular complexity index is 2950. The van der Waals surface area contributed by atoms with Crippen LogP contribution in [0.5, 0.6) is 5.75 Å². The normalized spacial score (nSPS) is 23.2. The SMILES string of the molecule is COCCOC(=O)N1C(=O)[C@@]2(c3cc(C#CCn4nnc5ccccc54)ccc31)[C@H](c1ccccc1OCCO)N1[C@H](c3ccccc3)[C@H](c3ccccc3)OC(=O)[C@H]1[C@@H]2C(=O)N1CCCCCCC1. The van der Waals surface area contributed by atoms with Gasteiger partial charge in [-0.15, -0.1) is 5.10 Å². The van der Waals surface area contributed by atoms with Gasteiger partial charge in [-0.05, 0) is 65.9 Å². The van der Waals surface area contributed by atoms with Gasteiger partial charge in [0.2, 0.25) is 11.8 Å². The molecule has 6 aromatic rings. The highest BCUT2D eigenvalue weighted by molar-refractivity contribution is 6.23. The lowest BCUT2D eigenvalue weighted by atomic mass is 9.64. The molecule has 70 heavy (non-hydrogen) atoms. The lowest BCUT2D eigenvalue weighted by Crippen LogP contribution is -2.56. The Morgan fingerprint density at radius 2 is 1.50 bits per heavy atom. The summed E-state index contributed by atoms with van der Waals surface area (Å²) in [5, 5.41) is 18.7. The molecule has 15 nitrogen and oxygen atoms in total. The lowest BCUT2D eigenvalue weighted by Gasteiger charge is -2.46. The molecule has 1 N–H and O–H groups in total. The summed E-state index contributed by atoms with van der Waals surface area (Å²) >= 11 is 0. The second kappa shape index (κ2) is 20.3. The van der Waals surface area contributed by atoms with E-state index in [1.165, 1.54) is 7.11 Å². The molecule has 0 bridgehead atoms. The maximum atomic E-state index is 16.6. The number of ether oxygens (including phenoxy) is 4. The van der Waals surface area contributed by atoms with Crippen molar-refractivity contribution in [2.75, 3.05) is 51.5 Å². The molecule has 3 saturated heterocycles. The van der Waals surface area contributed by atoms with Crippen LogP contribution in [0.25, 0.3) is 11.0 Å². The van der Waals surface area contributed by atoms with E-state index in [4.69, 9.17) is 18.9 Å². The molecular weight excluding hydrogens is 889 g/mol. The van der Waals surface area contributed by atoms with Crippen LogP contribution in [0.1, 0.15) is 78.1 Å². The first kappa shape index (κ1) is 46.4. The van der Waals surface area contributed by atoms with Crippen molar-refractivity contribution in [2.45, 2.75) is 68.3 Å². The van der Waals surface area contributed by atoms with E-state index in [1.54, 1.807) is 39.9 Å². The average Bonchev–Trinajstić information content (AvgIpc) is 4.02. The number of morpholine rings is 1. The number of benzene rings is 5. The fourth-order valence-electron chi connectivity index (χ4n) is 11.1. The van der Waals surface area contributed by atoms with E-state index in [-0.39, 0.29) is 38.7 Å². The van der Waals surface area contributed by atoms with Crippen LogP contribution in [0.15, 0.2) is 127 Å². The van der Waals surface area contributed by atoms with Gasteiger partial charge < -0.3 is 29.0 Å². The van der Waals surface area contributed by atoms with E-state index >= 15 is 14.4 Å². The quantitative estimate of drug-likeness (QED) is 0.0798. The molecule has 4 aliphatic heterocycles. The third kappa shape index (κ3) is 8.25. The zero-order valence-corrected chi connectivity index (χ0v) is 38.9. The van der Waals surface area contributed by atoms with Crippen LogP contribution >= 0.6 is 0 Å². The summed E-state index contributed by atoms with van der Waals surface area (Å²) in [5.74, 6) is 3.55. The standard InChI is InChI=1S/C55H54N6O9/c1-67-34-35-69-54(66)60-43-28-27-37(18-17-31-59-44-25-13-12-24-42(44)56-57-59)36-41(43)55(53(60)65)46(51(63)58-29-15-3-2-4-16-30-58)48-52(64)70-49(39-21-9-6-10-22-39)47(38-19-7-5-8-20-38)61(48)50(55)40-23-11-14-26-45(40)68-33-32-62/h5-14,19-28,36,46-50,62H,2-4,15-16,29-35H2,1H3/t46-,47-,48-,49+,50+,55-/m1/s1. The van der Waals surface area contributed by atoms with Gasteiger partial charge in [-0.25, -0.2) is 14.4 Å². The first-order valence-corrected chi connectivity index (χ1v) is 24.0. The molecule has 0 unspecified atom stereocenters. The number of hydrogen-bond acceptors (Lipinski definition) is 12. The number of likely N-dealkylation sites (tertiary alicyclic amines) is 1. The third-order valence-corrected chi connectivity index (χ3v) is 14.0. The molecule has 5 aromatic carbocycles. The predicted molar refractivity (Wildman–Crippen MR) is 258 cm³/mol. The van der Waals surface area contributed by atoms with Gasteiger partial charge in [0.05, 0.1) is 42.4 Å². The molecule has 3 fully saturated rings. The summed E-state index contributed by atoms with van der Waals surface area (Å²) in [5.41, 5.74) is 2.44. The Labute approximate surface area is 405 Å². The number of methoxy groups -OCH3 is 1. The van der Waals surface area contributed by atoms with Gasteiger partial charge in [0, 0.05) is 31.3 Å². The number of esters is 1. The number of anilines is 1. The van der Waals surface area contributed by atoms with Crippen molar-refractivity contribution in [1.82, 2.24) is 24.8 Å². The summed E-state index contributed by atoms with van der Waals surface area (Å²) in [6, 6.07) is 35.7. The molecule has 0 saturated carbocycles. The van der Waals surface area contributed by atoms with Crippen LogP contribution < -0.4 is 9.64 Å². The summed E-state index contributed by atoms with van der Waals surface area (Å²) < 4.78 is 25.7. The number of rotatable bonds is 11. The fraction of sp³-hybridized carbons (Fsp3) is 0.345. The minimum Gasteiger partial charge on any atom is -0.491 e. The number of carbonyl (C=O) groups excluding carboxylic acids is 4. The first-order chi connectivity index (χ1) is 34.4. The molecule has 0 aliphatic carbocycles. The molecule has 5 heterocycles. The van der Waals surface area contributed by atoms with Gasteiger partial charge in [-0.2, -0.15) is 0 Å². The second-order valence-corrected chi connectivity index (χ2v) is 18.0. The topological polar surface area (TPSA) is 166 Å². The number of fused-ring (bicyclic) bond motifs is 4. The maximum Gasteiger partial charge on any atom is 0.421 e. The van der Waals surface area contributed by atoms with E-state index in [0.29, 0.717) is 41.1 Å². The van der Waals surface area contributed by atoms with Crippen LogP contribution in [0, 0.1) is 17.8 Å². The maximum absolute atomic E-state index is 16.6. The molecule has 4 aliphatic rings. The average molecular weight is 943 g/mol. The minimum absolute atomic E-state index is 0.0664. The Kier molecular flexibility index (Phi) is 13.4. The molecule has 3 amide bonds. The lowest BCUT2D eigenvalue weighted by molar-refractivity contribution is -0.179. The molecule has 15 heteroatoms. The molecule has 6 atom stereocenters. The van der Waals surface area contributed by atoms with Crippen molar-refractivity contribution in [3.63, 3.8) is 0 Å². The van der Waals surface area contributed by atoms with E-state index in [2.05, 4.69) is 22.2 Å². The largest absolute Gasteiger partial charge is 0.491 e. The van der Waals surface area contributed by atoms with E-state index in [1.807, 2.05) is 102 Å². The zero-order chi connectivity index (χ0) is 48.2. The van der Waals surface area contributed by atoms with E-state index < -0.39 is 59.4 Å². The number of para-hydroxylation sites is 2. The van der Waals surface area contributed by atoms with Gasteiger partial charge in [-0.3, -0.25) is 19.3 Å². The number of aliphatic hydroxyl groups is 1. The van der Waals surface area contributed by atoms with Crippen molar-refractivity contribution in [3.8, 4) is 17.6 Å². The minimum atomic E-state index is -2.03. The Morgan fingerprint density at radius 1 is 0.800 bits per heavy atom. The summed E-state index contributed by atoms with van der Waals surface area (Å²) in [6.07, 6.45) is 2.46. The van der Waals surface area contributed by atoms with Crippen molar-refractivity contribution in [2.24, 2.45) is 5.92 Å². The van der Waals surface area contributed by atoms with Crippen molar-refractivity contribution >= 4 is 40.6 Å². The van der Waals surface area contributed by atoms with E-state index in [9.17, 15) is 9.90 Å². The highest BCUT2D eigenvalue weighted by atomic mass is 16.6. The van der Waals surface area contributed by atoms with Gasteiger partial charge >= 0.3 is 12.1 Å². The molecule has 0 radical (unpaired) electrons. The van der Waals surface area contributed by atoms with Crippen molar-refractivity contribution in [3.05, 3.63) is 155 Å². The number of amides is 3. The van der Waals surface area contributed by atoms with E-state index in [0.717, 1.165) is 53.6 Å². The number of hydrogen-bond donors (Lipinski definition) is 1. The number of aromatic nitrogens is 3. The Morgan fingerprint density at radius 3 is 2.26 bits per heavy atom. The smallest absolute Gasteiger partial charge is 0.421 e. The fourth-order valence-corrected chi connectivity index (χ4v) is 11.1. The number of carbonyl (C=O) groups is 4. The Balaban J connectivity index is 1.26. The summed E-state index contributed by atoms with van der Waals surface area (Å²) in [4.78, 5) is 68.0. The number of nitrogens with zero attached hydrogens (tertiary/aromatic N) is 6. The third-order valence-electron chi connectivity index (χ3n) is 14.0. The van der Waals surface area contributed by atoms with Gasteiger partial charge in [0.1, 0.15) is 48.6 Å². The van der Waals surface area contributed by atoms with Crippen LogP contribution in [0.4, 0.5) is 10.5 Å². The Hall–Kier alpha value is -7.38. The molecule has 10 rings (SSSR count). The number of cyclic esters (lactones) is 1. The predicted octanol–water partition coefficient (Wildman–Crippen LogP) is 7.10. The number of aliphatic hydroxyl groups excluding tert-OH is 1. The van der Waals surface area contributed by atoms with Crippen LogP contribution in [-0.4, -0.2) is 106 Å². The first-order valence-electron chi connectivity index (χ1n) is 24.0. The highest BCUT2D eigenvalue weighted by Crippen LogP contribution is 2.67. The molecule has 358 valence electrons. The van der Waals surface area contributed by atoms with Crippen LogP contribution in [0.3, 0.4) is 0 Å². The van der Waals surface area contributed by atoms with Gasteiger partial charge in [0.15, 0.2) is 0 Å². The van der Waals surface area contributed by atoms with Crippen molar-refractivity contribution < 1.29 is 43.2 Å². The monoisotopic (exact) mass is 942 g/mol. The van der Waals surface area contributed by atoms with Gasteiger partial charge in [0.25, 0.3) is 0 Å². The molecular formula is C55H54N6O9. The second-order valence-electron chi connectivity index (χ2n) is 18.0. The van der Waals surface area contributed by atoms with Crippen LogP contribution in [0.2, 0.25) is 0 Å². The molecule has 1 spiro atoms. The van der Waals surface area contributed by atoms with Crippen LogP contribution in [-0.2, 0) is 40.6 Å².